The second kappa shape index (κ2) is 3.87. The predicted octanol–water partition coefficient (Wildman–Crippen LogP) is 3.23. The molecule has 1 nitrogen and oxygen atoms in total. The van der Waals surface area contributed by atoms with Gasteiger partial charge in [-0.3, -0.25) is 0 Å². The normalized spacial score (nSPS) is 12.7. The lowest BCUT2D eigenvalue weighted by Gasteiger charge is -2.11. The molecular weight excluding hydrogens is 184 g/mol. The third-order valence-corrected chi connectivity index (χ3v) is 2.64. The number of fused-ring (bicyclic) bond motifs is 1. The zero-order valence-corrected chi connectivity index (χ0v) is 8.77. The van der Waals surface area contributed by atoms with Gasteiger partial charge in [0.1, 0.15) is 0 Å². The smallest absolute Gasteiger partial charge is 0.0762 e. The highest BCUT2D eigenvalue weighted by Gasteiger charge is 2.07. The zero-order chi connectivity index (χ0) is 10.8. The molecule has 0 bridgehead atoms. The van der Waals surface area contributed by atoms with Crippen LogP contribution in [0, 0.1) is 0 Å². The second-order valence-corrected chi connectivity index (χ2v) is 3.73. The summed E-state index contributed by atoms with van der Waals surface area (Å²) in [6, 6.07) is 14.2. The fraction of sp³-hybridized carbons (Fsp3) is 0.143. The lowest BCUT2D eigenvalue weighted by molar-refractivity contribution is 0.254. The van der Waals surface area contributed by atoms with Crippen LogP contribution in [0.25, 0.3) is 16.3 Å². The minimum Gasteiger partial charge on any atom is -0.389 e. The maximum atomic E-state index is 9.53. The Labute approximate surface area is 89.7 Å². The standard InChI is InChI=1S/C14H14O/c1-10(11(2)15)13-9-5-7-12-6-3-4-8-14(12)13/h3-9,11,15H,1H2,2H3/t11-/m1/s1. The van der Waals surface area contributed by atoms with Gasteiger partial charge in [0.15, 0.2) is 0 Å². The topological polar surface area (TPSA) is 20.2 Å². The quantitative estimate of drug-likeness (QED) is 0.785. The molecule has 0 spiro atoms. The van der Waals surface area contributed by atoms with Crippen molar-refractivity contribution in [2.75, 3.05) is 0 Å². The number of aliphatic hydroxyl groups is 1. The Morgan fingerprint density at radius 1 is 1.13 bits per heavy atom. The van der Waals surface area contributed by atoms with Crippen molar-refractivity contribution in [2.24, 2.45) is 0 Å². The van der Waals surface area contributed by atoms with Crippen molar-refractivity contribution in [3.63, 3.8) is 0 Å². The summed E-state index contributed by atoms with van der Waals surface area (Å²) in [5.41, 5.74) is 1.80. The monoisotopic (exact) mass is 198 g/mol. The highest BCUT2D eigenvalue weighted by Crippen LogP contribution is 2.25. The van der Waals surface area contributed by atoms with Crippen molar-refractivity contribution >= 4 is 16.3 Å². The van der Waals surface area contributed by atoms with E-state index in [-0.39, 0.29) is 0 Å². The van der Waals surface area contributed by atoms with E-state index in [1.807, 2.05) is 24.3 Å². The van der Waals surface area contributed by atoms with Crippen LogP contribution in [0.3, 0.4) is 0 Å². The molecule has 0 fully saturated rings. The Balaban J connectivity index is 2.66. The minimum absolute atomic E-state index is 0.504. The van der Waals surface area contributed by atoms with E-state index >= 15 is 0 Å². The maximum absolute atomic E-state index is 9.53. The molecule has 0 saturated carbocycles. The molecule has 2 rings (SSSR count). The highest BCUT2D eigenvalue weighted by atomic mass is 16.3. The van der Waals surface area contributed by atoms with Gasteiger partial charge in [0.2, 0.25) is 0 Å². The Bertz CT molecular complexity index is 492. The first-order chi connectivity index (χ1) is 7.20. The minimum atomic E-state index is -0.504. The third kappa shape index (κ3) is 1.79. The molecule has 2 aromatic carbocycles. The molecule has 1 N–H and O–H groups in total. The van der Waals surface area contributed by atoms with Crippen LogP contribution in [0.4, 0.5) is 0 Å². The third-order valence-electron chi connectivity index (χ3n) is 2.64. The van der Waals surface area contributed by atoms with E-state index in [1.54, 1.807) is 6.92 Å². The van der Waals surface area contributed by atoms with Gasteiger partial charge < -0.3 is 5.11 Å². The first kappa shape index (κ1) is 9.94. The number of aliphatic hydroxyl groups excluding tert-OH is 1. The maximum Gasteiger partial charge on any atom is 0.0762 e. The summed E-state index contributed by atoms with van der Waals surface area (Å²) in [7, 11) is 0. The fourth-order valence-electron chi connectivity index (χ4n) is 1.73. The van der Waals surface area contributed by atoms with Crippen LogP contribution in [0.15, 0.2) is 49.0 Å². The molecule has 0 aliphatic carbocycles. The SMILES string of the molecule is C=C(c1cccc2ccccc12)[C@@H](C)O. The molecule has 1 atom stereocenters. The first-order valence-corrected chi connectivity index (χ1v) is 5.05. The summed E-state index contributed by atoms with van der Waals surface area (Å²) in [6.45, 7) is 5.66. The molecule has 2 aromatic rings. The average Bonchev–Trinajstić information content (AvgIpc) is 2.27. The van der Waals surface area contributed by atoms with Gasteiger partial charge in [0, 0.05) is 0 Å². The summed E-state index contributed by atoms with van der Waals surface area (Å²) in [5.74, 6) is 0. The van der Waals surface area contributed by atoms with Crippen LogP contribution in [0.2, 0.25) is 0 Å². The van der Waals surface area contributed by atoms with Gasteiger partial charge in [-0.05, 0) is 28.8 Å². The first-order valence-electron chi connectivity index (χ1n) is 5.05. The molecule has 0 aromatic heterocycles. The van der Waals surface area contributed by atoms with Crippen LogP contribution in [-0.4, -0.2) is 11.2 Å². The molecule has 0 aliphatic heterocycles. The molecule has 0 aliphatic rings. The van der Waals surface area contributed by atoms with Crippen molar-refractivity contribution in [1.29, 1.82) is 0 Å². The van der Waals surface area contributed by atoms with Crippen LogP contribution in [-0.2, 0) is 0 Å². The molecule has 15 heavy (non-hydrogen) atoms. The molecule has 0 heterocycles. The van der Waals surface area contributed by atoms with Gasteiger partial charge >= 0.3 is 0 Å². The van der Waals surface area contributed by atoms with E-state index in [1.165, 1.54) is 5.39 Å². The number of benzene rings is 2. The summed E-state index contributed by atoms with van der Waals surface area (Å²) in [4.78, 5) is 0. The van der Waals surface area contributed by atoms with Crippen molar-refractivity contribution < 1.29 is 5.11 Å². The van der Waals surface area contributed by atoms with E-state index in [2.05, 4.69) is 24.8 Å². The summed E-state index contributed by atoms with van der Waals surface area (Å²) in [5, 5.41) is 11.9. The van der Waals surface area contributed by atoms with Gasteiger partial charge in [0.05, 0.1) is 6.10 Å². The molecule has 0 radical (unpaired) electrons. The molecular formula is C14H14O. The fourth-order valence-corrected chi connectivity index (χ4v) is 1.73. The second-order valence-electron chi connectivity index (χ2n) is 3.73. The lowest BCUT2D eigenvalue weighted by Crippen LogP contribution is -2.02. The Morgan fingerprint density at radius 2 is 1.80 bits per heavy atom. The molecule has 76 valence electrons. The van der Waals surface area contributed by atoms with Crippen LogP contribution < -0.4 is 0 Å². The summed E-state index contributed by atoms with van der Waals surface area (Å²) >= 11 is 0. The Kier molecular flexibility index (Phi) is 2.57. The Morgan fingerprint density at radius 3 is 2.53 bits per heavy atom. The van der Waals surface area contributed by atoms with Crippen molar-refractivity contribution in [3.8, 4) is 0 Å². The van der Waals surface area contributed by atoms with Gasteiger partial charge in [-0.15, -0.1) is 0 Å². The molecule has 1 heteroatoms. The van der Waals surface area contributed by atoms with E-state index in [0.29, 0.717) is 0 Å². The predicted molar refractivity (Wildman–Crippen MR) is 64.7 cm³/mol. The van der Waals surface area contributed by atoms with Gasteiger partial charge in [-0.1, -0.05) is 49.0 Å². The van der Waals surface area contributed by atoms with Gasteiger partial charge in [-0.2, -0.15) is 0 Å². The molecule has 0 unspecified atom stereocenters. The van der Waals surface area contributed by atoms with E-state index in [0.717, 1.165) is 16.5 Å². The van der Waals surface area contributed by atoms with E-state index in [9.17, 15) is 5.11 Å². The van der Waals surface area contributed by atoms with E-state index < -0.39 is 6.10 Å². The largest absolute Gasteiger partial charge is 0.389 e. The molecule has 0 saturated heterocycles. The van der Waals surface area contributed by atoms with Crippen LogP contribution >= 0.6 is 0 Å². The van der Waals surface area contributed by atoms with Gasteiger partial charge in [-0.25, -0.2) is 0 Å². The number of hydrogen-bond acceptors (Lipinski definition) is 1. The van der Waals surface area contributed by atoms with Crippen LogP contribution in [0.5, 0.6) is 0 Å². The number of hydrogen-bond donors (Lipinski definition) is 1. The van der Waals surface area contributed by atoms with E-state index in [4.69, 9.17) is 0 Å². The van der Waals surface area contributed by atoms with Gasteiger partial charge in [0.25, 0.3) is 0 Å². The summed E-state index contributed by atoms with van der Waals surface area (Å²) in [6.07, 6.45) is -0.504. The Hall–Kier alpha value is -1.60. The van der Waals surface area contributed by atoms with Crippen molar-refractivity contribution in [3.05, 3.63) is 54.6 Å². The van der Waals surface area contributed by atoms with Crippen LogP contribution in [0.1, 0.15) is 12.5 Å². The summed E-state index contributed by atoms with van der Waals surface area (Å²) < 4.78 is 0. The molecule has 0 amide bonds. The van der Waals surface area contributed by atoms with Crippen molar-refractivity contribution in [1.82, 2.24) is 0 Å². The zero-order valence-electron chi connectivity index (χ0n) is 8.77. The number of rotatable bonds is 2. The average molecular weight is 198 g/mol. The van der Waals surface area contributed by atoms with Crippen molar-refractivity contribution in [2.45, 2.75) is 13.0 Å². The highest BCUT2D eigenvalue weighted by molar-refractivity contribution is 5.94. The lowest BCUT2D eigenvalue weighted by atomic mass is 9.97.